The van der Waals surface area contributed by atoms with E-state index < -0.39 is 63.9 Å². The van der Waals surface area contributed by atoms with Crippen molar-refractivity contribution in [2.24, 2.45) is 0 Å². The second kappa shape index (κ2) is 17.1. The number of phosphoric acid groups is 1. The Hall–Kier alpha value is -1.39. The lowest BCUT2D eigenvalue weighted by atomic mass is 10.4. The molecule has 0 amide bonds. The zero-order chi connectivity index (χ0) is 24.6. The van der Waals surface area contributed by atoms with Crippen molar-refractivity contribution in [1.29, 1.82) is 0 Å². The lowest BCUT2D eigenvalue weighted by molar-refractivity contribution is -0.143. The summed E-state index contributed by atoms with van der Waals surface area (Å²) < 4.78 is 43.4. The Morgan fingerprint density at radius 2 is 0.906 bits per heavy atom. The number of ether oxygens (including phenoxy) is 3. The van der Waals surface area contributed by atoms with Crippen LogP contribution in [-0.4, -0.2) is 73.7 Å². The summed E-state index contributed by atoms with van der Waals surface area (Å²) in [6.07, 6.45) is -0.342. The number of phosphoric ester groups is 1. The summed E-state index contributed by atoms with van der Waals surface area (Å²) in [5.74, 6) is -2.97. The van der Waals surface area contributed by atoms with Crippen LogP contribution in [0, 0.1) is 0 Å². The zero-order valence-corrected chi connectivity index (χ0v) is 20.2. The van der Waals surface area contributed by atoms with E-state index in [1.54, 1.807) is 0 Å². The molecule has 0 aliphatic heterocycles. The molecule has 0 saturated carbocycles. The van der Waals surface area contributed by atoms with Crippen molar-refractivity contribution < 1.29 is 46.7 Å². The van der Waals surface area contributed by atoms with Crippen LogP contribution >= 0.6 is 42.6 Å². The van der Waals surface area contributed by atoms with Crippen LogP contribution in [0.15, 0.2) is 38.0 Å². The topological polar surface area (TPSA) is 124 Å². The van der Waals surface area contributed by atoms with Gasteiger partial charge in [-0.1, -0.05) is 19.7 Å². The summed E-state index contributed by atoms with van der Waals surface area (Å²) in [7, 11) is -4.40. The third-order valence-corrected chi connectivity index (χ3v) is 5.55. The van der Waals surface area contributed by atoms with Gasteiger partial charge < -0.3 is 14.2 Å². The maximum atomic E-state index is 13.1. The monoisotopic (exact) mass is 536 g/mol. The molecule has 0 N–H and O–H groups in total. The molecule has 0 spiro atoms. The Labute approximate surface area is 200 Å². The molecule has 32 heavy (non-hydrogen) atoms. The normalized spacial score (nSPS) is 15.3. The average molecular weight is 538 g/mol. The highest BCUT2D eigenvalue weighted by Crippen LogP contribution is 2.50. The zero-order valence-electron chi connectivity index (χ0n) is 17.0. The third-order valence-electron chi connectivity index (χ3n) is 3.12. The maximum absolute atomic E-state index is 13.1. The second-order valence-corrected chi connectivity index (χ2v) is 8.18. The lowest BCUT2D eigenvalue weighted by Gasteiger charge is -2.24. The second-order valence-electron chi connectivity index (χ2n) is 5.59. The minimum atomic E-state index is -4.40. The van der Waals surface area contributed by atoms with Gasteiger partial charge in [-0.05, 0) is 0 Å². The van der Waals surface area contributed by atoms with Gasteiger partial charge in [-0.3, -0.25) is 13.6 Å². The van der Waals surface area contributed by atoms with Gasteiger partial charge in [-0.25, -0.2) is 18.9 Å². The fourth-order valence-corrected chi connectivity index (χ4v) is 3.33. The molecule has 0 rings (SSSR count). The van der Waals surface area contributed by atoms with Gasteiger partial charge in [0.2, 0.25) is 0 Å². The predicted octanol–water partition coefficient (Wildman–Crippen LogP) is 3.15. The van der Waals surface area contributed by atoms with Crippen molar-refractivity contribution in [3.05, 3.63) is 38.0 Å². The molecule has 0 heterocycles. The fraction of sp³-hybridized carbons (Fsp3) is 0.500. The molecular weight excluding hydrogens is 514 g/mol. The van der Waals surface area contributed by atoms with E-state index in [-0.39, 0.29) is 17.6 Å². The molecule has 0 aliphatic rings. The molecule has 0 aliphatic carbocycles. The summed E-state index contributed by atoms with van der Waals surface area (Å²) in [5.41, 5.74) is 0. The van der Waals surface area contributed by atoms with Gasteiger partial charge in [0, 0.05) is 18.2 Å². The lowest BCUT2D eigenvalue weighted by Crippen LogP contribution is -2.28. The van der Waals surface area contributed by atoms with E-state index >= 15 is 0 Å². The minimum Gasteiger partial charge on any atom is -0.455 e. The number of halogens is 3. The van der Waals surface area contributed by atoms with Crippen LogP contribution in [0.2, 0.25) is 0 Å². The molecule has 0 aromatic rings. The van der Waals surface area contributed by atoms with Crippen LogP contribution in [0.5, 0.6) is 0 Å². The number of hydrogen-bond donors (Lipinski definition) is 0. The Bertz CT molecular complexity index is 612. The first kappa shape index (κ1) is 30.6. The largest absolute Gasteiger partial charge is 0.475 e. The average Bonchev–Trinajstić information content (AvgIpc) is 2.81. The molecular formula is C18H24Cl3O10P. The molecule has 10 nitrogen and oxygen atoms in total. The number of alkyl halides is 3. The number of carbonyl (C=O) groups excluding carboxylic acids is 3. The van der Waals surface area contributed by atoms with E-state index in [2.05, 4.69) is 19.7 Å². The predicted molar refractivity (Wildman–Crippen MR) is 118 cm³/mol. The van der Waals surface area contributed by atoms with Crippen molar-refractivity contribution >= 4 is 60.5 Å². The van der Waals surface area contributed by atoms with Gasteiger partial charge in [0.15, 0.2) is 0 Å². The van der Waals surface area contributed by atoms with Crippen molar-refractivity contribution in [1.82, 2.24) is 0 Å². The Morgan fingerprint density at radius 1 is 0.656 bits per heavy atom. The number of esters is 3. The highest BCUT2D eigenvalue weighted by molar-refractivity contribution is 7.48. The number of carbonyl (C=O) groups is 3. The third kappa shape index (κ3) is 13.2. The highest BCUT2D eigenvalue weighted by Gasteiger charge is 2.32. The molecule has 0 bridgehead atoms. The van der Waals surface area contributed by atoms with Crippen LogP contribution < -0.4 is 0 Å². The Morgan fingerprint density at radius 3 is 1.09 bits per heavy atom. The van der Waals surface area contributed by atoms with Gasteiger partial charge in [-0.15, -0.1) is 34.8 Å². The Kier molecular flexibility index (Phi) is 16.4. The van der Waals surface area contributed by atoms with Crippen LogP contribution in [0.1, 0.15) is 0 Å². The summed E-state index contributed by atoms with van der Waals surface area (Å²) in [6, 6.07) is 0. The van der Waals surface area contributed by atoms with Crippen molar-refractivity contribution in [2.45, 2.75) is 18.3 Å². The highest BCUT2D eigenvalue weighted by atomic mass is 35.5. The van der Waals surface area contributed by atoms with Gasteiger partial charge in [0.25, 0.3) is 0 Å². The van der Waals surface area contributed by atoms with E-state index in [1.165, 1.54) is 0 Å². The molecule has 3 atom stereocenters. The van der Waals surface area contributed by atoms with Crippen molar-refractivity contribution in [3.63, 3.8) is 0 Å². The first-order valence-electron chi connectivity index (χ1n) is 8.87. The Balaban J connectivity index is 5.28. The summed E-state index contributed by atoms with van der Waals surface area (Å²) in [4.78, 5) is 34.0. The van der Waals surface area contributed by atoms with Crippen LogP contribution in [-0.2, 0) is 46.7 Å². The van der Waals surface area contributed by atoms with Crippen LogP contribution in [0.25, 0.3) is 0 Å². The summed E-state index contributed by atoms with van der Waals surface area (Å²) in [6.45, 7) is 8.28. The smallest absolute Gasteiger partial charge is 0.455 e. The SMILES string of the molecule is C=CC(=O)OC(CCl)COP(=O)(OCC(CCl)OC(=O)C=C)OCC(CCl)OC(=O)C=C. The summed E-state index contributed by atoms with van der Waals surface area (Å²) in [5, 5.41) is 0. The quantitative estimate of drug-likeness (QED) is 0.0846. The van der Waals surface area contributed by atoms with Gasteiger partial charge in [0.1, 0.15) is 18.3 Å². The molecule has 0 saturated heterocycles. The van der Waals surface area contributed by atoms with E-state index in [1.807, 2.05) is 0 Å². The van der Waals surface area contributed by atoms with E-state index in [9.17, 15) is 18.9 Å². The van der Waals surface area contributed by atoms with E-state index in [0.29, 0.717) is 0 Å². The molecule has 0 fully saturated rings. The first-order valence-corrected chi connectivity index (χ1v) is 11.9. The van der Waals surface area contributed by atoms with Crippen molar-refractivity contribution in [3.8, 4) is 0 Å². The molecule has 182 valence electrons. The number of hydrogen-bond acceptors (Lipinski definition) is 10. The van der Waals surface area contributed by atoms with Gasteiger partial charge in [0.05, 0.1) is 37.5 Å². The van der Waals surface area contributed by atoms with Crippen molar-refractivity contribution in [2.75, 3.05) is 37.5 Å². The maximum Gasteiger partial charge on any atom is 0.475 e. The van der Waals surface area contributed by atoms with E-state index in [4.69, 9.17) is 62.6 Å². The fourth-order valence-electron chi connectivity index (χ4n) is 1.60. The molecule has 3 unspecified atom stereocenters. The van der Waals surface area contributed by atoms with Crippen LogP contribution in [0.4, 0.5) is 0 Å². The molecule has 14 heteroatoms. The van der Waals surface area contributed by atoms with Gasteiger partial charge >= 0.3 is 25.7 Å². The minimum absolute atomic E-state index is 0.206. The van der Waals surface area contributed by atoms with E-state index in [0.717, 1.165) is 18.2 Å². The number of rotatable bonds is 18. The van der Waals surface area contributed by atoms with Gasteiger partial charge in [-0.2, -0.15) is 0 Å². The summed E-state index contributed by atoms with van der Waals surface area (Å²) >= 11 is 17.1. The molecule has 0 aromatic carbocycles. The first-order chi connectivity index (χ1) is 15.2. The molecule has 0 radical (unpaired) electrons. The van der Waals surface area contributed by atoms with Crippen LogP contribution in [0.3, 0.4) is 0 Å². The molecule has 0 aromatic heterocycles. The standard InChI is InChI=1S/C18H24Cl3O10P/c1-4-16(22)29-13(7-19)10-26-32(25,27-11-14(8-20)30-17(23)5-2)28-12-15(9-21)31-18(24)6-3/h4-6,13-15H,1-3,7-12H2.